The number of halogens is 1. The number of hydrogen-bond acceptors (Lipinski definition) is 3. The van der Waals surface area contributed by atoms with Gasteiger partial charge in [0.25, 0.3) is 0 Å². The summed E-state index contributed by atoms with van der Waals surface area (Å²) in [6, 6.07) is 27.3. The van der Waals surface area contributed by atoms with Crippen molar-refractivity contribution in [3.8, 4) is 0 Å². The molecule has 0 heterocycles. The lowest BCUT2D eigenvalue weighted by molar-refractivity contribution is 0.605. The number of rotatable bonds is 7. The highest BCUT2D eigenvalue weighted by molar-refractivity contribution is 8.00. The maximum atomic E-state index is 13.2. The molecule has 0 radical (unpaired) electrons. The van der Waals surface area contributed by atoms with E-state index in [2.05, 4.69) is 12.1 Å². The van der Waals surface area contributed by atoms with Gasteiger partial charge in [-0.1, -0.05) is 78.9 Å². The maximum absolute atomic E-state index is 13.2. The largest absolute Gasteiger partial charge is 0.324 e. The highest BCUT2D eigenvalue weighted by Crippen LogP contribution is 2.28. The third-order valence-corrected chi connectivity index (χ3v) is 6.22. The van der Waals surface area contributed by atoms with Gasteiger partial charge in [0.15, 0.2) is 0 Å². The molecule has 0 aromatic heterocycles. The second kappa shape index (κ2) is 10.2. The average Bonchev–Trinajstić information content (AvgIpc) is 2.72. The van der Waals surface area contributed by atoms with E-state index in [1.54, 1.807) is 48.5 Å². The molecule has 146 valence electrons. The van der Waals surface area contributed by atoms with Gasteiger partial charge in [-0.2, -0.15) is 0 Å². The Morgan fingerprint density at radius 2 is 1.32 bits per heavy atom. The molecule has 0 saturated carbocycles. The molecule has 2 N–H and O–H groups in total. The van der Waals surface area contributed by atoms with Crippen LogP contribution in [0, 0.1) is 0 Å². The van der Waals surface area contributed by atoms with Gasteiger partial charge in [-0.25, -0.2) is 8.42 Å². The fourth-order valence-corrected chi connectivity index (χ4v) is 4.50. The molecule has 0 aliphatic rings. The molecule has 0 aliphatic heterocycles. The normalized spacial score (nSPS) is 12.8. The Hall–Kier alpha value is -2.40. The van der Waals surface area contributed by atoms with E-state index in [0.29, 0.717) is 12.0 Å². The van der Waals surface area contributed by atoms with E-state index in [0.717, 1.165) is 6.42 Å². The fourth-order valence-electron chi connectivity index (χ4n) is 2.93. The van der Waals surface area contributed by atoms with Gasteiger partial charge < -0.3 is 5.73 Å². The molecule has 3 rings (SSSR count). The summed E-state index contributed by atoms with van der Waals surface area (Å²) in [6.45, 7) is 0. The molecule has 0 spiro atoms. The van der Waals surface area contributed by atoms with Crippen molar-refractivity contribution in [3.63, 3.8) is 0 Å². The van der Waals surface area contributed by atoms with Crippen molar-refractivity contribution in [2.45, 2.75) is 23.8 Å². The third-order valence-electron chi connectivity index (χ3n) is 4.38. The summed E-state index contributed by atoms with van der Waals surface area (Å²) in [5, 5.41) is 0. The minimum Gasteiger partial charge on any atom is -0.324 e. The van der Waals surface area contributed by atoms with E-state index >= 15 is 0 Å². The highest BCUT2D eigenvalue weighted by atomic mass is 35.5. The fraction of sp³-hybridized carbons (Fsp3) is 0.130. The van der Waals surface area contributed by atoms with Crippen molar-refractivity contribution in [3.05, 3.63) is 108 Å². The molecule has 5 heteroatoms. The van der Waals surface area contributed by atoms with Gasteiger partial charge in [-0.3, -0.25) is 0 Å². The predicted molar refractivity (Wildman–Crippen MR) is 118 cm³/mol. The highest BCUT2D eigenvalue weighted by Gasteiger charge is 2.22. The van der Waals surface area contributed by atoms with E-state index < -0.39 is 9.84 Å². The molecule has 0 amide bonds. The van der Waals surface area contributed by atoms with Gasteiger partial charge in [0, 0.05) is 6.04 Å². The third kappa shape index (κ3) is 5.55. The topological polar surface area (TPSA) is 60.2 Å². The van der Waals surface area contributed by atoms with Crippen molar-refractivity contribution < 1.29 is 8.42 Å². The van der Waals surface area contributed by atoms with E-state index in [9.17, 15) is 8.42 Å². The summed E-state index contributed by atoms with van der Waals surface area (Å²) in [5.74, 6) is 0. The van der Waals surface area contributed by atoms with Gasteiger partial charge in [0.2, 0.25) is 9.84 Å². The summed E-state index contributed by atoms with van der Waals surface area (Å²) in [5.41, 5.74) is 8.13. The van der Waals surface area contributed by atoms with Crippen molar-refractivity contribution in [1.82, 2.24) is 0 Å². The van der Waals surface area contributed by atoms with Crippen LogP contribution in [-0.2, 0) is 16.3 Å². The van der Waals surface area contributed by atoms with Gasteiger partial charge in [0.05, 0.1) is 9.80 Å². The summed E-state index contributed by atoms with van der Waals surface area (Å²) in [7, 11) is -3.65. The van der Waals surface area contributed by atoms with E-state index in [1.165, 1.54) is 5.56 Å². The smallest absolute Gasteiger partial charge is 0.206 e. The Bertz CT molecular complexity index is 989. The van der Waals surface area contributed by atoms with Crippen LogP contribution in [0.25, 0.3) is 4.91 Å². The Morgan fingerprint density at radius 3 is 1.89 bits per heavy atom. The van der Waals surface area contributed by atoms with Crippen LogP contribution >= 0.6 is 12.4 Å². The molecular formula is C23H24ClNO2S. The standard InChI is InChI=1S/C23H23NO2S.ClH/c24-21(17-16-19-10-4-1-5-11-19)18-23(20-12-6-2-7-13-20)27(25,26)22-14-8-3-9-15-22;/h1-15,18,21H,16-17,24H2;1H/t21-;/m0./s1. The summed E-state index contributed by atoms with van der Waals surface area (Å²) < 4.78 is 26.4. The van der Waals surface area contributed by atoms with Crippen LogP contribution in [0.4, 0.5) is 0 Å². The van der Waals surface area contributed by atoms with Crippen LogP contribution in [0.15, 0.2) is 102 Å². The minimum atomic E-state index is -3.65. The molecule has 0 fully saturated rings. The first-order valence-electron chi connectivity index (χ1n) is 8.94. The molecule has 3 aromatic carbocycles. The van der Waals surface area contributed by atoms with Crippen molar-refractivity contribution in [2.24, 2.45) is 5.73 Å². The Balaban J connectivity index is 0.00000280. The quantitative estimate of drug-likeness (QED) is 0.600. The molecular weight excluding hydrogens is 390 g/mol. The average molecular weight is 414 g/mol. The number of hydrogen-bond donors (Lipinski definition) is 1. The predicted octanol–water partition coefficient (Wildman–Crippen LogP) is 4.88. The first-order chi connectivity index (χ1) is 13.1. The Kier molecular flexibility index (Phi) is 8.00. The van der Waals surface area contributed by atoms with Gasteiger partial charge >= 0.3 is 0 Å². The first-order valence-corrected chi connectivity index (χ1v) is 10.4. The van der Waals surface area contributed by atoms with Gasteiger partial charge in [-0.15, -0.1) is 12.4 Å². The van der Waals surface area contributed by atoms with E-state index in [1.807, 2.05) is 36.4 Å². The monoisotopic (exact) mass is 413 g/mol. The summed E-state index contributed by atoms with van der Waals surface area (Å²) in [6.07, 6.45) is 3.15. The molecule has 0 unspecified atom stereocenters. The van der Waals surface area contributed by atoms with Crippen LogP contribution in [0.2, 0.25) is 0 Å². The van der Waals surface area contributed by atoms with Gasteiger partial charge in [0.1, 0.15) is 0 Å². The number of benzene rings is 3. The molecule has 0 bridgehead atoms. The van der Waals surface area contributed by atoms with Crippen LogP contribution in [0.3, 0.4) is 0 Å². The van der Waals surface area contributed by atoms with E-state index in [-0.39, 0.29) is 28.2 Å². The zero-order chi connectivity index (χ0) is 19.1. The summed E-state index contributed by atoms with van der Waals surface area (Å²) in [4.78, 5) is 0.533. The Labute approximate surface area is 173 Å². The molecule has 0 aliphatic carbocycles. The van der Waals surface area contributed by atoms with Crippen molar-refractivity contribution >= 4 is 27.1 Å². The molecule has 0 saturated heterocycles. The van der Waals surface area contributed by atoms with Crippen LogP contribution in [0.5, 0.6) is 0 Å². The maximum Gasteiger partial charge on any atom is 0.206 e. The molecule has 3 aromatic rings. The SMILES string of the molecule is Cl.N[C@H](C=C(c1ccccc1)S(=O)(=O)c1ccccc1)CCc1ccccc1. The lowest BCUT2D eigenvalue weighted by Gasteiger charge is -2.13. The number of sulfone groups is 1. The zero-order valence-electron chi connectivity index (χ0n) is 15.4. The second-order valence-electron chi connectivity index (χ2n) is 6.40. The second-order valence-corrected chi connectivity index (χ2v) is 8.32. The van der Waals surface area contributed by atoms with Crippen LogP contribution in [-0.4, -0.2) is 14.5 Å². The molecule has 28 heavy (non-hydrogen) atoms. The van der Waals surface area contributed by atoms with Crippen molar-refractivity contribution in [2.75, 3.05) is 0 Å². The minimum absolute atomic E-state index is 0. The lowest BCUT2D eigenvalue weighted by Crippen LogP contribution is -2.20. The lowest BCUT2D eigenvalue weighted by atomic mass is 10.0. The van der Waals surface area contributed by atoms with Crippen molar-refractivity contribution in [1.29, 1.82) is 0 Å². The molecule has 3 nitrogen and oxygen atoms in total. The van der Waals surface area contributed by atoms with Crippen LogP contribution in [0.1, 0.15) is 17.5 Å². The number of nitrogens with two attached hydrogens (primary N) is 1. The van der Waals surface area contributed by atoms with E-state index in [4.69, 9.17) is 5.73 Å². The Morgan fingerprint density at radius 1 is 0.821 bits per heavy atom. The molecule has 1 atom stereocenters. The zero-order valence-corrected chi connectivity index (χ0v) is 17.1. The summed E-state index contributed by atoms with van der Waals surface area (Å²) >= 11 is 0. The first kappa shape index (κ1) is 21.9. The van der Waals surface area contributed by atoms with Gasteiger partial charge in [-0.05, 0) is 42.2 Å². The van der Waals surface area contributed by atoms with Crippen LogP contribution < -0.4 is 5.73 Å². The number of aryl methyl sites for hydroxylation is 1.